The second kappa shape index (κ2) is 5.83. The molecule has 1 aromatic carbocycles. The van der Waals surface area contributed by atoms with Crippen molar-refractivity contribution in [3.8, 4) is 0 Å². The molecule has 1 aromatic rings. The van der Waals surface area contributed by atoms with Crippen molar-refractivity contribution in [3.05, 3.63) is 29.6 Å². The molecular weight excluding hydrogens is 286 g/mol. The molecule has 2 nitrogen and oxygen atoms in total. The Morgan fingerprint density at radius 2 is 1.86 bits per heavy atom. The Morgan fingerprint density at radius 3 is 2.33 bits per heavy atom. The fourth-order valence-electron chi connectivity index (χ4n) is 2.94. The first-order chi connectivity index (χ1) is 9.74. The summed E-state index contributed by atoms with van der Waals surface area (Å²) < 4.78 is 51.5. The monoisotopic (exact) mass is 305 g/mol. The zero-order chi connectivity index (χ0) is 15.7. The standard InChI is InChI=1S/C15H19F4NO/c1-10-6-12(16)8-13(7-10)20-14(9-21)4-2-11(3-5-14)15(17,18)19/h6-8,11,20-21H,2-5,9H2,1H3. The minimum atomic E-state index is -4.18. The van der Waals surface area contributed by atoms with Crippen molar-refractivity contribution in [3.63, 3.8) is 0 Å². The van der Waals surface area contributed by atoms with Crippen LogP contribution in [0.1, 0.15) is 31.2 Å². The highest BCUT2D eigenvalue weighted by atomic mass is 19.4. The Morgan fingerprint density at radius 1 is 1.24 bits per heavy atom. The summed E-state index contributed by atoms with van der Waals surface area (Å²) in [5.41, 5.74) is 0.406. The summed E-state index contributed by atoms with van der Waals surface area (Å²) in [5.74, 6) is -1.72. The van der Waals surface area contributed by atoms with Crippen LogP contribution in [-0.4, -0.2) is 23.4 Å². The first-order valence-corrected chi connectivity index (χ1v) is 6.97. The average molecular weight is 305 g/mol. The van der Waals surface area contributed by atoms with Gasteiger partial charge in [-0.15, -0.1) is 0 Å². The maximum Gasteiger partial charge on any atom is 0.391 e. The lowest BCUT2D eigenvalue weighted by Crippen LogP contribution is -2.47. The minimum absolute atomic E-state index is 0.0225. The van der Waals surface area contributed by atoms with E-state index in [-0.39, 0.29) is 32.3 Å². The van der Waals surface area contributed by atoms with Crippen LogP contribution in [0.5, 0.6) is 0 Å². The molecule has 2 rings (SSSR count). The molecule has 1 saturated carbocycles. The van der Waals surface area contributed by atoms with Crippen molar-refractivity contribution >= 4 is 5.69 Å². The number of hydrogen-bond acceptors (Lipinski definition) is 2. The van der Waals surface area contributed by atoms with E-state index in [9.17, 15) is 22.7 Å². The third-order valence-corrected chi connectivity index (χ3v) is 4.16. The Labute approximate surface area is 121 Å². The molecular formula is C15H19F4NO. The van der Waals surface area contributed by atoms with Gasteiger partial charge in [-0.1, -0.05) is 0 Å². The van der Waals surface area contributed by atoms with Gasteiger partial charge in [-0.2, -0.15) is 13.2 Å². The SMILES string of the molecule is Cc1cc(F)cc(NC2(CO)CCC(C(F)(F)F)CC2)c1. The molecule has 0 bridgehead atoms. The van der Waals surface area contributed by atoms with Crippen molar-refractivity contribution in [2.45, 2.75) is 44.3 Å². The fraction of sp³-hybridized carbons (Fsp3) is 0.600. The van der Waals surface area contributed by atoms with Gasteiger partial charge in [0, 0.05) is 5.69 Å². The van der Waals surface area contributed by atoms with Crippen LogP contribution in [0.4, 0.5) is 23.2 Å². The van der Waals surface area contributed by atoms with Gasteiger partial charge in [0.2, 0.25) is 0 Å². The molecule has 0 aromatic heterocycles. The summed E-state index contributed by atoms with van der Waals surface area (Å²) in [6.45, 7) is 1.47. The number of rotatable bonds is 3. The number of aliphatic hydroxyl groups is 1. The molecule has 6 heteroatoms. The minimum Gasteiger partial charge on any atom is -0.394 e. The van der Waals surface area contributed by atoms with E-state index in [1.54, 1.807) is 13.0 Å². The first-order valence-electron chi connectivity index (χ1n) is 6.97. The highest BCUT2D eigenvalue weighted by molar-refractivity contribution is 5.48. The van der Waals surface area contributed by atoms with Crippen LogP contribution in [0.25, 0.3) is 0 Å². The molecule has 1 fully saturated rings. The smallest absolute Gasteiger partial charge is 0.391 e. The molecule has 0 spiro atoms. The van der Waals surface area contributed by atoms with Crippen molar-refractivity contribution < 1.29 is 22.7 Å². The van der Waals surface area contributed by atoms with Crippen molar-refractivity contribution in [2.75, 3.05) is 11.9 Å². The fourth-order valence-corrected chi connectivity index (χ4v) is 2.94. The van der Waals surface area contributed by atoms with Gasteiger partial charge >= 0.3 is 6.18 Å². The second-order valence-electron chi connectivity index (χ2n) is 5.90. The predicted molar refractivity (Wildman–Crippen MR) is 72.6 cm³/mol. The molecule has 0 heterocycles. The van der Waals surface area contributed by atoms with Crippen molar-refractivity contribution in [1.29, 1.82) is 0 Å². The van der Waals surface area contributed by atoms with Crippen LogP contribution >= 0.6 is 0 Å². The van der Waals surface area contributed by atoms with Gasteiger partial charge in [-0.25, -0.2) is 4.39 Å². The number of nitrogens with one attached hydrogen (secondary N) is 1. The van der Waals surface area contributed by atoms with Crippen LogP contribution in [0.15, 0.2) is 18.2 Å². The molecule has 0 aliphatic heterocycles. The molecule has 0 unspecified atom stereocenters. The molecule has 2 N–H and O–H groups in total. The van der Waals surface area contributed by atoms with E-state index in [0.717, 1.165) is 5.56 Å². The van der Waals surface area contributed by atoms with Crippen LogP contribution in [0, 0.1) is 18.7 Å². The summed E-state index contributed by atoms with van der Waals surface area (Å²) >= 11 is 0. The Hall–Kier alpha value is -1.30. The van der Waals surface area contributed by atoms with Crippen LogP contribution in [0.2, 0.25) is 0 Å². The summed E-state index contributed by atoms with van der Waals surface area (Å²) in [6, 6.07) is 4.38. The molecule has 21 heavy (non-hydrogen) atoms. The van der Waals surface area contributed by atoms with E-state index in [4.69, 9.17) is 0 Å². The normalized spacial score (nSPS) is 26.7. The Balaban J connectivity index is 2.10. The molecule has 0 atom stereocenters. The maximum atomic E-state index is 13.4. The summed E-state index contributed by atoms with van der Waals surface area (Å²) in [7, 11) is 0. The Kier molecular flexibility index (Phi) is 4.46. The zero-order valence-corrected chi connectivity index (χ0v) is 11.8. The Bertz CT molecular complexity index is 473. The molecule has 0 radical (unpaired) electrons. The van der Waals surface area contributed by atoms with Crippen LogP contribution in [-0.2, 0) is 0 Å². The molecule has 0 amide bonds. The third-order valence-electron chi connectivity index (χ3n) is 4.16. The van der Waals surface area contributed by atoms with Gasteiger partial charge < -0.3 is 10.4 Å². The van der Waals surface area contributed by atoms with Gasteiger partial charge in [-0.05, 0) is 56.4 Å². The van der Waals surface area contributed by atoms with E-state index in [2.05, 4.69) is 5.32 Å². The topological polar surface area (TPSA) is 32.3 Å². The average Bonchev–Trinajstić information content (AvgIpc) is 2.37. The zero-order valence-electron chi connectivity index (χ0n) is 11.8. The molecule has 0 saturated heterocycles. The number of hydrogen-bond donors (Lipinski definition) is 2. The first kappa shape index (κ1) is 16.1. The van der Waals surface area contributed by atoms with Crippen molar-refractivity contribution in [2.24, 2.45) is 5.92 Å². The van der Waals surface area contributed by atoms with Gasteiger partial charge in [0.05, 0.1) is 18.1 Å². The lowest BCUT2D eigenvalue weighted by Gasteiger charge is -2.40. The molecule has 118 valence electrons. The van der Waals surface area contributed by atoms with Gasteiger partial charge in [0.25, 0.3) is 0 Å². The lowest BCUT2D eigenvalue weighted by molar-refractivity contribution is -0.184. The summed E-state index contributed by atoms with van der Waals surface area (Å²) in [4.78, 5) is 0. The van der Waals surface area contributed by atoms with Gasteiger partial charge in [0.1, 0.15) is 5.82 Å². The van der Waals surface area contributed by atoms with E-state index < -0.39 is 23.5 Å². The highest BCUT2D eigenvalue weighted by Crippen LogP contribution is 2.42. The molecule has 1 aliphatic rings. The summed E-state index contributed by atoms with van der Waals surface area (Å²) in [6.07, 6.45) is -3.81. The van der Waals surface area contributed by atoms with E-state index in [0.29, 0.717) is 5.69 Å². The quantitative estimate of drug-likeness (QED) is 0.826. The second-order valence-corrected chi connectivity index (χ2v) is 5.90. The van der Waals surface area contributed by atoms with Crippen LogP contribution < -0.4 is 5.32 Å². The lowest BCUT2D eigenvalue weighted by atomic mass is 9.76. The van der Waals surface area contributed by atoms with E-state index in [1.807, 2.05) is 0 Å². The maximum absolute atomic E-state index is 13.4. The highest BCUT2D eigenvalue weighted by Gasteiger charge is 2.45. The largest absolute Gasteiger partial charge is 0.394 e. The van der Waals surface area contributed by atoms with E-state index in [1.165, 1.54) is 12.1 Å². The number of halogens is 4. The number of aliphatic hydroxyl groups excluding tert-OH is 1. The van der Waals surface area contributed by atoms with Crippen LogP contribution in [0.3, 0.4) is 0 Å². The molecule has 1 aliphatic carbocycles. The predicted octanol–water partition coefficient (Wildman–Crippen LogP) is 4.03. The van der Waals surface area contributed by atoms with Gasteiger partial charge in [-0.3, -0.25) is 0 Å². The number of anilines is 1. The third kappa shape index (κ3) is 3.87. The van der Waals surface area contributed by atoms with E-state index >= 15 is 0 Å². The number of benzene rings is 1. The van der Waals surface area contributed by atoms with Gasteiger partial charge in [0.15, 0.2) is 0 Å². The van der Waals surface area contributed by atoms with Crippen molar-refractivity contribution in [1.82, 2.24) is 0 Å². The number of alkyl halides is 3. The number of aryl methyl sites for hydroxylation is 1. The summed E-state index contributed by atoms with van der Waals surface area (Å²) in [5, 5.41) is 12.6.